The Hall–Kier alpha value is -2.01. The van der Waals surface area contributed by atoms with E-state index in [9.17, 15) is 4.79 Å². The van der Waals surface area contributed by atoms with Crippen molar-refractivity contribution in [2.75, 3.05) is 18.5 Å². The SMILES string of the molecule is CCCCCCOc1ccc(NC(=O)COc2ccc(CC)cc2Br)cc1. The van der Waals surface area contributed by atoms with Gasteiger partial charge in [-0.2, -0.15) is 0 Å². The van der Waals surface area contributed by atoms with Crippen molar-refractivity contribution < 1.29 is 14.3 Å². The van der Waals surface area contributed by atoms with Crippen molar-refractivity contribution in [2.45, 2.75) is 46.0 Å². The van der Waals surface area contributed by atoms with Gasteiger partial charge in [0.2, 0.25) is 0 Å². The predicted molar refractivity (Wildman–Crippen MR) is 114 cm³/mol. The number of hydrogen-bond acceptors (Lipinski definition) is 3. The summed E-state index contributed by atoms with van der Waals surface area (Å²) in [6.07, 6.45) is 5.69. The van der Waals surface area contributed by atoms with Crippen LogP contribution in [0.1, 0.15) is 45.1 Å². The van der Waals surface area contributed by atoms with Crippen molar-refractivity contribution in [3.63, 3.8) is 0 Å². The van der Waals surface area contributed by atoms with Crippen LogP contribution >= 0.6 is 15.9 Å². The lowest BCUT2D eigenvalue weighted by molar-refractivity contribution is -0.118. The van der Waals surface area contributed by atoms with Gasteiger partial charge in [-0.15, -0.1) is 0 Å². The molecule has 1 amide bonds. The van der Waals surface area contributed by atoms with Crippen LogP contribution in [0.25, 0.3) is 0 Å². The van der Waals surface area contributed by atoms with E-state index in [1.54, 1.807) is 0 Å². The number of unbranched alkanes of at least 4 members (excludes halogenated alkanes) is 3. The predicted octanol–water partition coefficient (Wildman–Crippen LogP) is 5.99. The number of rotatable bonds is 11. The fraction of sp³-hybridized carbons (Fsp3) is 0.409. The molecule has 0 saturated carbocycles. The minimum absolute atomic E-state index is 0.0419. The largest absolute Gasteiger partial charge is 0.494 e. The zero-order chi connectivity index (χ0) is 19.5. The molecule has 146 valence electrons. The molecule has 0 heterocycles. The maximum absolute atomic E-state index is 12.1. The zero-order valence-corrected chi connectivity index (χ0v) is 17.7. The van der Waals surface area contributed by atoms with Crippen molar-refractivity contribution >= 4 is 27.5 Å². The number of hydrogen-bond donors (Lipinski definition) is 1. The van der Waals surface area contributed by atoms with Crippen molar-refractivity contribution in [1.82, 2.24) is 0 Å². The fourth-order valence-corrected chi connectivity index (χ4v) is 3.12. The molecular formula is C22H28BrNO3. The number of halogens is 1. The third kappa shape index (κ3) is 7.63. The highest BCUT2D eigenvalue weighted by molar-refractivity contribution is 9.10. The summed E-state index contributed by atoms with van der Waals surface area (Å²) in [4.78, 5) is 12.1. The molecular weight excluding hydrogens is 406 g/mol. The van der Waals surface area contributed by atoms with Gasteiger partial charge in [-0.3, -0.25) is 4.79 Å². The Morgan fingerprint density at radius 2 is 1.78 bits per heavy atom. The van der Waals surface area contributed by atoms with Gasteiger partial charge in [-0.05, 0) is 70.7 Å². The van der Waals surface area contributed by atoms with E-state index in [2.05, 4.69) is 35.1 Å². The Morgan fingerprint density at radius 3 is 2.44 bits per heavy atom. The minimum Gasteiger partial charge on any atom is -0.494 e. The normalized spacial score (nSPS) is 10.5. The van der Waals surface area contributed by atoms with E-state index in [-0.39, 0.29) is 12.5 Å². The Bertz CT molecular complexity index is 716. The molecule has 0 aliphatic rings. The molecule has 1 N–H and O–H groups in total. The zero-order valence-electron chi connectivity index (χ0n) is 16.1. The summed E-state index contributed by atoms with van der Waals surface area (Å²) < 4.78 is 12.2. The van der Waals surface area contributed by atoms with Gasteiger partial charge < -0.3 is 14.8 Å². The smallest absolute Gasteiger partial charge is 0.262 e. The molecule has 2 aromatic carbocycles. The van der Waals surface area contributed by atoms with Crippen LogP contribution in [-0.2, 0) is 11.2 Å². The molecule has 0 aliphatic heterocycles. The molecule has 5 heteroatoms. The lowest BCUT2D eigenvalue weighted by atomic mass is 10.2. The lowest BCUT2D eigenvalue weighted by Gasteiger charge is -2.10. The Kier molecular flexibility index (Phi) is 9.19. The quantitative estimate of drug-likeness (QED) is 0.442. The molecule has 0 saturated heterocycles. The fourth-order valence-electron chi connectivity index (χ4n) is 2.58. The monoisotopic (exact) mass is 433 g/mol. The highest BCUT2D eigenvalue weighted by Crippen LogP contribution is 2.26. The summed E-state index contributed by atoms with van der Waals surface area (Å²) in [5, 5.41) is 2.83. The summed E-state index contributed by atoms with van der Waals surface area (Å²) >= 11 is 3.48. The van der Waals surface area contributed by atoms with Gasteiger partial charge in [0.05, 0.1) is 11.1 Å². The summed E-state index contributed by atoms with van der Waals surface area (Å²) in [6.45, 7) is 4.98. The van der Waals surface area contributed by atoms with Crippen molar-refractivity contribution in [3.8, 4) is 11.5 Å². The van der Waals surface area contributed by atoms with Gasteiger partial charge in [0.15, 0.2) is 6.61 Å². The maximum Gasteiger partial charge on any atom is 0.262 e. The van der Waals surface area contributed by atoms with Crippen LogP contribution in [0.2, 0.25) is 0 Å². The average Bonchev–Trinajstić information content (AvgIpc) is 2.68. The standard InChI is InChI=1S/C22H28BrNO3/c1-3-5-6-7-14-26-19-11-9-18(10-12-19)24-22(25)16-27-21-13-8-17(4-2)15-20(21)23/h8-13,15H,3-7,14,16H2,1-2H3,(H,24,25). The summed E-state index contributed by atoms with van der Waals surface area (Å²) in [5.41, 5.74) is 1.94. The molecule has 2 aromatic rings. The molecule has 0 aromatic heterocycles. The number of nitrogens with one attached hydrogen (secondary N) is 1. The third-order valence-corrected chi connectivity index (χ3v) is 4.79. The van der Waals surface area contributed by atoms with Gasteiger partial charge in [0, 0.05) is 5.69 Å². The van der Waals surface area contributed by atoms with Crippen LogP contribution in [0.5, 0.6) is 11.5 Å². The number of ether oxygens (including phenoxy) is 2. The van der Waals surface area contributed by atoms with E-state index in [0.29, 0.717) is 5.75 Å². The first kappa shape index (κ1) is 21.3. The van der Waals surface area contributed by atoms with Crippen LogP contribution < -0.4 is 14.8 Å². The van der Waals surface area contributed by atoms with E-state index in [4.69, 9.17) is 9.47 Å². The second-order valence-electron chi connectivity index (χ2n) is 6.39. The molecule has 0 fully saturated rings. The van der Waals surface area contributed by atoms with Crippen LogP contribution in [0, 0.1) is 0 Å². The van der Waals surface area contributed by atoms with Gasteiger partial charge >= 0.3 is 0 Å². The second kappa shape index (κ2) is 11.7. The van der Waals surface area contributed by atoms with Gasteiger partial charge in [-0.1, -0.05) is 39.2 Å². The van der Waals surface area contributed by atoms with E-state index < -0.39 is 0 Å². The van der Waals surface area contributed by atoms with Crippen LogP contribution in [0.15, 0.2) is 46.9 Å². The van der Waals surface area contributed by atoms with Crippen LogP contribution in [0.4, 0.5) is 5.69 Å². The first-order valence-electron chi connectivity index (χ1n) is 9.56. The highest BCUT2D eigenvalue weighted by atomic mass is 79.9. The lowest BCUT2D eigenvalue weighted by Crippen LogP contribution is -2.20. The average molecular weight is 434 g/mol. The topological polar surface area (TPSA) is 47.6 Å². The number of carbonyl (C=O) groups is 1. The molecule has 4 nitrogen and oxygen atoms in total. The number of carbonyl (C=O) groups excluding carboxylic acids is 1. The molecule has 27 heavy (non-hydrogen) atoms. The van der Waals surface area contributed by atoms with Crippen molar-refractivity contribution in [2.24, 2.45) is 0 Å². The van der Waals surface area contributed by atoms with Crippen molar-refractivity contribution in [3.05, 3.63) is 52.5 Å². The first-order chi connectivity index (χ1) is 13.1. The first-order valence-corrected chi connectivity index (χ1v) is 10.4. The molecule has 0 bridgehead atoms. The van der Waals surface area contributed by atoms with E-state index in [1.807, 2.05) is 42.5 Å². The molecule has 0 spiro atoms. The van der Waals surface area contributed by atoms with E-state index in [1.165, 1.54) is 24.8 Å². The number of amides is 1. The molecule has 0 aliphatic carbocycles. The van der Waals surface area contributed by atoms with Gasteiger partial charge in [-0.25, -0.2) is 0 Å². The minimum atomic E-state index is -0.199. The van der Waals surface area contributed by atoms with Gasteiger partial charge in [0.1, 0.15) is 11.5 Å². The van der Waals surface area contributed by atoms with Crippen molar-refractivity contribution in [1.29, 1.82) is 0 Å². The molecule has 0 radical (unpaired) electrons. The number of anilines is 1. The Labute approximate surface area is 170 Å². The highest BCUT2D eigenvalue weighted by Gasteiger charge is 2.07. The molecule has 0 unspecified atom stereocenters. The van der Waals surface area contributed by atoms with E-state index >= 15 is 0 Å². The summed E-state index contributed by atoms with van der Waals surface area (Å²) in [6, 6.07) is 13.3. The molecule has 0 atom stereocenters. The number of benzene rings is 2. The Balaban J connectivity index is 1.75. The maximum atomic E-state index is 12.1. The number of aryl methyl sites for hydroxylation is 1. The molecule has 2 rings (SSSR count). The Morgan fingerprint density at radius 1 is 1.00 bits per heavy atom. The summed E-state index contributed by atoms with van der Waals surface area (Å²) in [7, 11) is 0. The third-order valence-electron chi connectivity index (χ3n) is 4.17. The van der Waals surface area contributed by atoms with Crippen LogP contribution in [0.3, 0.4) is 0 Å². The second-order valence-corrected chi connectivity index (χ2v) is 7.24. The van der Waals surface area contributed by atoms with E-state index in [0.717, 1.165) is 35.4 Å². The summed E-state index contributed by atoms with van der Waals surface area (Å²) in [5.74, 6) is 1.28. The van der Waals surface area contributed by atoms with Crippen LogP contribution in [-0.4, -0.2) is 19.1 Å². The van der Waals surface area contributed by atoms with Gasteiger partial charge in [0.25, 0.3) is 5.91 Å².